The van der Waals surface area contributed by atoms with Gasteiger partial charge in [-0.05, 0) is 56.5 Å². The number of nitrogens with zero attached hydrogens (tertiary/aromatic N) is 1. The molecule has 1 aliphatic rings. The minimum Gasteiger partial charge on any atom is -0.326 e. The van der Waals surface area contributed by atoms with Gasteiger partial charge in [-0.25, -0.2) is 0 Å². The van der Waals surface area contributed by atoms with Gasteiger partial charge in [-0.3, -0.25) is 4.90 Å². The summed E-state index contributed by atoms with van der Waals surface area (Å²) >= 11 is 0. The summed E-state index contributed by atoms with van der Waals surface area (Å²) in [5.74, 6) is 0. The van der Waals surface area contributed by atoms with Crippen LogP contribution < -0.4 is 5.73 Å². The molecule has 1 fully saturated rings. The van der Waals surface area contributed by atoms with Gasteiger partial charge in [-0.1, -0.05) is 25.1 Å². The second kappa shape index (κ2) is 5.19. The Morgan fingerprint density at radius 2 is 2.12 bits per heavy atom. The van der Waals surface area contributed by atoms with E-state index >= 15 is 0 Å². The van der Waals surface area contributed by atoms with Crippen LogP contribution >= 0.6 is 0 Å². The van der Waals surface area contributed by atoms with Crippen LogP contribution in [0.1, 0.15) is 42.5 Å². The van der Waals surface area contributed by atoms with E-state index in [0.717, 1.165) is 13.0 Å². The van der Waals surface area contributed by atoms with Gasteiger partial charge < -0.3 is 5.73 Å². The predicted octanol–water partition coefficient (Wildman–Crippen LogP) is 2.79. The van der Waals surface area contributed by atoms with Gasteiger partial charge in [-0.2, -0.15) is 0 Å². The van der Waals surface area contributed by atoms with Gasteiger partial charge in [0, 0.05) is 6.04 Å². The van der Waals surface area contributed by atoms with Crippen LogP contribution in [0.5, 0.6) is 0 Å². The molecule has 1 aliphatic heterocycles. The predicted molar refractivity (Wildman–Crippen MR) is 73.1 cm³/mol. The number of nitrogens with two attached hydrogens (primary N) is 1. The molecule has 2 atom stereocenters. The van der Waals surface area contributed by atoms with E-state index in [1.165, 1.54) is 29.7 Å². The highest BCUT2D eigenvalue weighted by Crippen LogP contribution is 2.32. The molecule has 2 N–H and O–H groups in total. The normalized spacial score (nSPS) is 26.1. The molecule has 0 bridgehead atoms. The second-order valence-electron chi connectivity index (χ2n) is 5.17. The van der Waals surface area contributed by atoms with Crippen molar-refractivity contribution in [1.29, 1.82) is 0 Å². The first-order chi connectivity index (χ1) is 8.15. The first kappa shape index (κ1) is 12.6. The maximum Gasteiger partial charge on any atom is 0.0501 e. The molecular weight excluding hydrogens is 208 g/mol. The number of rotatable bonds is 2. The van der Waals surface area contributed by atoms with E-state index in [1.54, 1.807) is 0 Å². The first-order valence-corrected chi connectivity index (χ1v) is 6.71. The fourth-order valence-electron chi connectivity index (χ4n) is 2.97. The zero-order valence-electron chi connectivity index (χ0n) is 11.2. The summed E-state index contributed by atoms with van der Waals surface area (Å²) in [5.41, 5.74) is 10.6. The van der Waals surface area contributed by atoms with Crippen molar-refractivity contribution in [3.63, 3.8) is 0 Å². The smallest absolute Gasteiger partial charge is 0.0501 e. The Morgan fingerprint density at radius 3 is 2.82 bits per heavy atom. The Hall–Kier alpha value is -0.860. The molecule has 2 heteroatoms. The van der Waals surface area contributed by atoms with Crippen LogP contribution in [0.15, 0.2) is 18.2 Å². The molecule has 1 heterocycles. The average Bonchev–Trinajstić information content (AvgIpc) is 2.33. The van der Waals surface area contributed by atoms with Gasteiger partial charge in [0.05, 0.1) is 6.04 Å². The lowest BCUT2D eigenvalue weighted by molar-refractivity contribution is 0.135. The molecule has 0 spiro atoms. The Kier molecular flexibility index (Phi) is 3.85. The summed E-state index contributed by atoms with van der Waals surface area (Å²) in [5, 5.41) is 0. The number of likely N-dealkylation sites (tertiary alicyclic amines) is 1. The summed E-state index contributed by atoms with van der Waals surface area (Å²) in [6.07, 6.45) is 2.38. The molecule has 0 radical (unpaired) electrons. The molecular formula is C15H24N2. The summed E-state index contributed by atoms with van der Waals surface area (Å²) in [6.45, 7) is 8.91. The van der Waals surface area contributed by atoms with Crippen LogP contribution in [0.3, 0.4) is 0 Å². The number of piperidine rings is 1. The highest BCUT2D eigenvalue weighted by Gasteiger charge is 2.30. The third-order valence-electron chi connectivity index (χ3n) is 4.15. The molecule has 1 saturated heterocycles. The highest BCUT2D eigenvalue weighted by molar-refractivity contribution is 5.36. The molecule has 0 amide bonds. The van der Waals surface area contributed by atoms with E-state index in [-0.39, 0.29) is 6.04 Å². The molecule has 0 aliphatic carbocycles. The maximum absolute atomic E-state index is 6.35. The van der Waals surface area contributed by atoms with Crippen molar-refractivity contribution in [2.45, 2.75) is 45.7 Å². The topological polar surface area (TPSA) is 29.3 Å². The van der Waals surface area contributed by atoms with Crippen molar-refractivity contribution in [1.82, 2.24) is 4.90 Å². The zero-order chi connectivity index (χ0) is 12.4. The van der Waals surface area contributed by atoms with Crippen molar-refractivity contribution >= 4 is 0 Å². The Morgan fingerprint density at radius 1 is 1.35 bits per heavy atom. The molecule has 2 nitrogen and oxygen atoms in total. The fourth-order valence-corrected chi connectivity index (χ4v) is 2.97. The Balaban J connectivity index is 2.38. The SMILES string of the molecule is CCN1CCCC(N)C1c1cccc(C)c1C. The minimum absolute atomic E-state index is 0.282. The van der Waals surface area contributed by atoms with Gasteiger partial charge in [0.25, 0.3) is 0 Å². The number of benzene rings is 1. The van der Waals surface area contributed by atoms with Crippen molar-refractivity contribution in [3.05, 3.63) is 34.9 Å². The molecule has 0 saturated carbocycles. The van der Waals surface area contributed by atoms with E-state index in [9.17, 15) is 0 Å². The van der Waals surface area contributed by atoms with Gasteiger partial charge in [0.2, 0.25) is 0 Å². The molecule has 2 unspecified atom stereocenters. The molecule has 94 valence electrons. The Bertz CT molecular complexity index is 387. The van der Waals surface area contributed by atoms with Crippen molar-refractivity contribution in [2.75, 3.05) is 13.1 Å². The van der Waals surface area contributed by atoms with Crippen LogP contribution in [0, 0.1) is 13.8 Å². The highest BCUT2D eigenvalue weighted by atomic mass is 15.2. The lowest BCUT2D eigenvalue weighted by atomic mass is 9.87. The number of aryl methyl sites for hydroxylation is 1. The van der Waals surface area contributed by atoms with Gasteiger partial charge in [0.1, 0.15) is 0 Å². The van der Waals surface area contributed by atoms with Gasteiger partial charge in [0.15, 0.2) is 0 Å². The van der Waals surface area contributed by atoms with Crippen LogP contribution in [0.2, 0.25) is 0 Å². The van der Waals surface area contributed by atoms with E-state index in [0.29, 0.717) is 6.04 Å². The van der Waals surface area contributed by atoms with Crippen LogP contribution in [0.4, 0.5) is 0 Å². The second-order valence-corrected chi connectivity index (χ2v) is 5.17. The van der Waals surface area contributed by atoms with Crippen LogP contribution in [-0.2, 0) is 0 Å². The van der Waals surface area contributed by atoms with E-state index < -0.39 is 0 Å². The van der Waals surface area contributed by atoms with E-state index in [4.69, 9.17) is 5.73 Å². The average molecular weight is 232 g/mol. The lowest BCUT2D eigenvalue weighted by Gasteiger charge is -2.40. The standard InChI is InChI=1S/C15H24N2/c1-4-17-10-6-9-14(16)15(17)13-8-5-7-11(2)12(13)3/h5,7-8,14-15H,4,6,9-10,16H2,1-3H3. The van der Waals surface area contributed by atoms with Crippen LogP contribution in [0.25, 0.3) is 0 Å². The molecule has 2 rings (SSSR count). The van der Waals surface area contributed by atoms with Crippen molar-refractivity contribution < 1.29 is 0 Å². The third-order valence-corrected chi connectivity index (χ3v) is 4.15. The maximum atomic E-state index is 6.35. The monoisotopic (exact) mass is 232 g/mol. The van der Waals surface area contributed by atoms with Gasteiger partial charge in [-0.15, -0.1) is 0 Å². The van der Waals surface area contributed by atoms with Crippen LogP contribution in [-0.4, -0.2) is 24.0 Å². The van der Waals surface area contributed by atoms with E-state index in [1.807, 2.05) is 0 Å². The van der Waals surface area contributed by atoms with Gasteiger partial charge >= 0.3 is 0 Å². The van der Waals surface area contributed by atoms with E-state index in [2.05, 4.69) is 43.9 Å². The molecule has 0 aromatic heterocycles. The number of hydrogen-bond acceptors (Lipinski definition) is 2. The zero-order valence-corrected chi connectivity index (χ0v) is 11.2. The molecule has 1 aromatic carbocycles. The lowest BCUT2D eigenvalue weighted by Crippen LogP contribution is -2.46. The summed E-state index contributed by atoms with van der Waals surface area (Å²) in [7, 11) is 0. The fraction of sp³-hybridized carbons (Fsp3) is 0.600. The Labute approximate surface area is 105 Å². The largest absolute Gasteiger partial charge is 0.326 e. The van der Waals surface area contributed by atoms with Crippen molar-refractivity contribution in [3.8, 4) is 0 Å². The quantitative estimate of drug-likeness (QED) is 0.849. The minimum atomic E-state index is 0.282. The number of hydrogen-bond donors (Lipinski definition) is 1. The first-order valence-electron chi connectivity index (χ1n) is 6.71. The molecule has 1 aromatic rings. The summed E-state index contributed by atoms with van der Waals surface area (Å²) < 4.78 is 0. The van der Waals surface area contributed by atoms with Crippen molar-refractivity contribution in [2.24, 2.45) is 5.73 Å². The number of likely N-dealkylation sites (N-methyl/N-ethyl adjacent to an activating group) is 1. The third kappa shape index (κ3) is 2.38. The molecule has 17 heavy (non-hydrogen) atoms. The summed E-state index contributed by atoms with van der Waals surface area (Å²) in [6, 6.07) is 7.29. The summed E-state index contributed by atoms with van der Waals surface area (Å²) in [4.78, 5) is 2.52.